The summed E-state index contributed by atoms with van der Waals surface area (Å²) in [5, 5.41) is 4.76. The third kappa shape index (κ3) is 2.96. The molecule has 0 aliphatic heterocycles. The molecule has 2 heteroatoms. The Hall–Kier alpha value is -1.67. The second-order valence-electron chi connectivity index (χ2n) is 4.47. The molecule has 94 valence electrons. The number of hydrogen-bond donors (Lipinski definition) is 1. The number of aromatic nitrogens is 1. The van der Waals surface area contributed by atoms with Gasteiger partial charge in [-0.25, -0.2) is 0 Å². The van der Waals surface area contributed by atoms with E-state index in [2.05, 4.69) is 48.1 Å². The Morgan fingerprint density at radius 2 is 2.17 bits per heavy atom. The van der Waals surface area contributed by atoms with Gasteiger partial charge in [-0.2, -0.15) is 0 Å². The quantitative estimate of drug-likeness (QED) is 0.783. The zero-order chi connectivity index (χ0) is 12.8. The summed E-state index contributed by atoms with van der Waals surface area (Å²) in [5.74, 6) is 0. The Morgan fingerprint density at radius 3 is 2.94 bits per heavy atom. The Morgan fingerprint density at radius 1 is 1.33 bits per heavy atom. The van der Waals surface area contributed by atoms with Gasteiger partial charge >= 0.3 is 0 Å². The summed E-state index contributed by atoms with van der Waals surface area (Å²) in [6, 6.07) is 10.9. The highest BCUT2D eigenvalue weighted by Crippen LogP contribution is 2.18. The molecule has 2 aromatic rings. The summed E-state index contributed by atoms with van der Waals surface area (Å²) in [6.45, 7) is 6.96. The van der Waals surface area contributed by atoms with Gasteiger partial charge in [0, 0.05) is 17.6 Å². The van der Waals surface area contributed by atoms with Crippen molar-refractivity contribution in [3.8, 4) is 0 Å². The van der Waals surface area contributed by atoms with E-state index >= 15 is 0 Å². The molecule has 1 atom stereocenters. The van der Waals surface area contributed by atoms with Gasteiger partial charge in [-0.3, -0.25) is 4.98 Å². The second kappa shape index (κ2) is 6.31. The third-order valence-corrected chi connectivity index (χ3v) is 3.15. The fraction of sp³-hybridized carbons (Fsp3) is 0.312. The fourth-order valence-corrected chi connectivity index (χ4v) is 2.33. The van der Waals surface area contributed by atoms with Crippen LogP contribution < -0.4 is 5.32 Å². The maximum Gasteiger partial charge on any atom is 0.0704 e. The molecular weight excluding hydrogens is 220 g/mol. The Bertz CT molecular complexity index is 514. The number of benzene rings is 1. The van der Waals surface area contributed by atoms with Gasteiger partial charge in [0.1, 0.15) is 0 Å². The summed E-state index contributed by atoms with van der Waals surface area (Å²) in [5.41, 5.74) is 2.43. The number of nitrogens with zero attached hydrogens (tertiary/aromatic N) is 1. The van der Waals surface area contributed by atoms with Crippen molar-refractivity contribution in [2.45, 2.75) is 25.8 Å². The van der Waals surface area contributed by atoms with Crippen LogP contribution in [0.2, 0.25) is 0 Å². The SMILES string of the molecule is C=CCC(Cc1ccnc2ccccc12)NCC. The number of rotatable bonds is 6. The van der Waals surface area contributed by atoms with Crippen molar-refractivity contribution >= 4 is 10.9 Å². The average molecular weight is 240 g/mol. The molecule has 0 spiro atoms. The maximum absolute atomic E-state index is 4.40. The molecule has 1 aromatic heterocycles. The van der Waals surface area contributed by atoms with Crippen LogP contribution in [0.5, 0.6) is 0 Å². The van der Waals surface area contributed by atoms with E-state index in [-0.39, 0.29) is 0 Å². The van der Waals surface area contributed by atoms with E-state index in [4.69, 9.17) is 0 Å². The average Bonchev–Trinajstić information content (AvgIpc) is 2.40. The van der Waals surface area contributed by atoms with Crippen molar-refractivity contribution < 1.29 is 0 Å². The van der Waals surface area contributed by atoms with E-state index in [1.165, 1.54) is 10.9 Å². The normalized spacial score (nSPS) is 12.5. The van der Waals surface area contributed by atoms with E-state index < -0.39 is 0 Å². The molecule has 0 saturated carbocycles. The number of nitrogens with one attached hydrogen (secondary N) is 1. The molecule has 18 heavy (non-hydrogen) atoms. The second-order valence-corrected chi connectivity index (χ2v) is 4.47. The van der Waals surface area contributed by atoms with Crippen molar-refractivity contribution in [2.24, 2.45) is 0 Å². The minimum absolute atomic E-state index is 0.457. The Kier molecular flexibility index (Phi) is 4.48. The predicted octanol–water partition coefficient (Wildman–Crippen LogP) is 3.33. The van der Waals surface area contributed by atoms with Crippen LogP contribution in [-0.2, 0) is 6.42 Å². The molecule has 0 radical (unpaired) electrons. The van der Waals surface area contributed by atoms with Gasteiger partial charge in [-0.05, 0) is 37.1 Å². The van der Waals surface area contributed by atoms with E-state index in [1.54, 1.807) is 0 Å². The fourth-order valence-electron chi connectivity index (χ4n) is 2.33. The molecule has 1 N–H and O–H groups in total. The summed E-state index contributed by atoms with van der Waals surface area (Å²) in [4.78, 5) is 4.40. The first kappa shape index (κ1) is 12.8. The lowest BCUT2D eigenvalue weighted by Crippen LogP contribution is -2.30. The molecular formula is C16H20N2. The van der Waals surface area contributed by atoms with Crippen LogP contribution in [0.15, 0.2) is 49.2 Å². The van der Waals surface area contributed by atoms with E-state index in [1.807, 2.05) is 18.3 Å². The molecule has 0 aliphatic carbocycles. The van der Waals surface area contributed by atoms with E-state index in [0.717, 1.165) is 24.9 Å². The minimum atomic E-state index is 0.457. The summed E-state index contributed by atoms with van der Waals surface area (Å²) >= 11 is 0. The van der Waals surface area contributed by atoms with Crippen LogP contribution in [0.4, 0.5) is 0 Å². The molecule has 0 amide bonds. The van der Waals surface area contributed by atoms with Gasteiger partial charge in [0.25, 0.3) is 0 Å². The first-order valence-corrected chi connectivity index (χ1v) is 6.52. The lowest BCUT2D eigenvalue weighted by Gasteiger charge is -2.17. The molecule has 2 rings (SSSR count). The monoisotopic (exact) mass is 240 g/mol. The van der Waals surface area contributed by atoms with Gasteiger partial charge in [0.15, 0.2) is 0 Å². The summed E-state index contributed by atoms with van der Waals surface area (Å²) in [7, 11) is 0. The van der Waals surface area contributed by atoms with E-state index in [0.29, 0.717) is 6.04 Å². The van der Waals surface area contributed by atoms with Crippen molar-refractivity contribution in [3.05, 3.63) is 54.7 Å². The van der Waals surface area contributed by atoms with E-state index in [9.17, 15) is 0 Å². The van der Waals surface area contributed by atoms with Crippen molar-refractivity contribution in [1.29, 1.82) is 0 Å². The zero-order valence-corrected chi connectivity index (χ0v) is 10.9. The van der Waals surface area contributed by atoms with Crippen LogP contribution in [0, 0.1) is 0 Å². The summed E-state index contributed by atoms with van der Waals surface area (Å²) < 4.78 is 0. The van der Waals surface area contributed by atoms with Crippen molar-refractivity contribution in [3.63, 3.8) is 0 Å². The lowest BCUT2D eigenvalue weighted by atomic mass is 10.00. The highest BCUT2D eigenvalue weighted by molar-refractivity contribution is 5.81. The number of pyridine rings is 1. The van der Waals surface area contributed by atoms with Crippen LogP contribution in [0.1, 0.15) is 18.9 Å². The molecule has 1 unspecified atom stereocenters. The van der Waals surface area contributed by atoms with Crippen molar-refractivity contribution in [1.82, 2.24) is 10.3 Å². The molecule has 0 saturated heterocycles. The van der Waals surface area contributed by atoms with Crippen LogP contribution in [0.25, 0.3) is 10.9 Å². The first-order chi connectivity index (χ1) is 8.85. The van der Waals surface area contributed by atoms with Gasteiger partial charge < -0.3 is 5.32 Å². The largest absolute Gasteiger partial charge is 0.314 e. The Balaban J connectivity index is 2.27. The molecule has 0 fully saturated rings. The molecule has 2 nitrogen and oxygen atoms in total. The lowest BCUT2D eigenvalue weighted by molar-refractivity contribution is 0.531. The van der Waals surface area contributed by atoms with Gasteiger partial charge in [-0.1, -0.05) is 31.2 Å². The molecule has 0 aliphatic rings. The van der Waals surface area contributed by atoms with Gasteiger partial charge in [-0.15, -0.1) is 6.58 Å². The zero-order valence-electron chi connectivity index (χ0n) is 10.9. The van der Waals surface area contributed by atoms with Gasteiger partial charge in [0.05, 0.1) is 5.52 Å². The highest BCUT2D eigenvalue weighted by Gasteiger charge is 2.09. The van der Waals surface area contributed by atoms with Crippen LogP contribution >= 0.6 is 0 Å². The number of fused-ring (bicyclic) bond motifs is 1. The number of para-hydroxylation sites is 1. The van der Waals surface area contributed by atoms with Gasteiger partial charge in [0.2, 0.25) is 0 Å². The Labute approximate surface area is 109 Å². The predicted molar refractivity (Wildman–Crippen MR) is 77.7 cm³/mol. The highest BCUT2D eigenvalue weighted by atomic mass is 14.9. The molecule has 1 heterocycles. The minimum Gasteiger partial charge on any atom is -0.314 e. The summed E-state index contributed by atoms with van der Waals surface area (Å²) in [6.07, 6.45) is 5.89. The first-order valence-electron chi connectivity index (χ1n) is 6.52. The number of hydrogen-bond acceptors (Lipinski definition) is 2. The van der Waals surface area contributed by atoms with Crippen LogP contribution in [-0.4, -0.2) is 17.6 Å². The molecule has 1 aromatic carbocycles. The number of likely N-dealkylation sites (N-methyl/N-ethyl adjacent to an activating group) is 1. The third-order valence-electron chi connectivity index (χ3n) is 3.15. The smallest absolute Gasteiger partial charge is 0.0704 e. The standard InChI is InChI=1S/C16H20N2/c1-3-7-14(17-4-2)12-13-10-11-18-16-9-6-5-8-15(13)16/h3,5-6,8-11,14,17H,1,4,7,12H2,2H3. The molecule has 0 bridgehead atoms. The topological polar surface area (TPSA) is 24.9 Å². The van der Waals surface area contributed by atoms with Crippen LogP contribution in [0.3, 0.4) is 0 Å². The maximum atomic E-state index is 4.40. The van der Waals surface area contributed by atoms with Crippen molar-refractivity contribution in [2.75, 3.05) is 6.54 Å².